The molecule has 0 radical (unpaired) electrons. The molecule has 0 aromatic rings. The van der Waals surface area contributed by atoms with Gasteiger partial charge in [-0.3, -0.25) is 9.59 Å². The van der Waals surface area contributed by atoms with E-state index in [4.69, 9.17) is 10.2 Å². The summed E-state index contributed by atoms with van der Waals surface area (Å²) in [5.74, 6) is -2.78. The normalized spacial score (nSPS) is 14.7. The molecule has 0 heterocycles. The van der Waals surface area contributed by atoms with Crippen LogP contribution in [0, 0.1) is 5.41 Å². The van der Waals surface area contributed by atoms with Crippen LogP contribution in [0.4, 0.5) is 0 Å². The Balaban J connectivity index is 4.73. The van der Waals surface area contributed by atoms with Crippen LogP contribution < -0.4 is 5.32 Å². The first-order valence-corrected chi connectivity index (χ1v) is 5.83. The van der Waals surface area contributed by atoms with Gasteiger partial charge in [0, 0.05) is 6.42 Å². The molecule has 0 bridgehead atoms. The second-order valence-electron chi connectivity index (χ2n) is 5.30. The van der Waals surface area contributed by atoms with E-state index in [0.29, 0.717) is 12.8 Å². The molecular weight excluding hydrogens is 238 g/mol. The highest BCUT2D eigenvalue weighted by atomic mass is 16.4. The van der Waals surface area contributed by atoms with Crippen LogP contribution in [0.5, 0.6) is 0 Å². The SMILES string of the molecule is CCCC(C)(NC(=O)CC(C)(C)C(=O)O)C(=O)O. The highest BCUT2D eigenvalue weighted by molar-refractivity contribution is 5.89. The third-order valence-corrected chi connectivity index (χ3v) is 2.82. The maximum atomic E-state index is 11.7. The Bertz CT molecular complexity index is 350. The minimum absolute atomic E-state index is 0.255. The number of carboxylic acids is 2. The van der Waals surface area contributed by atoms with E-state index < -0.39 is 28.8 Å². The Morgan fingerprint density at radius 3 is 1.89 bits per heavy atom. The standard InChI is InChI=1S/C12H21NO5/c1-5-6-12(4,10(17)18)13-8(14)7-11(2,3)9(15)16/h5-7H2,1-4H3,(H,13,14)(H,15,16)(H,17,18). The summed E-state index contributed by atoms with van der Waals surface area (Å²) in [4.78, 5) is 33.7. The van der Waals surface area contributed by atoms with E-state index in [-0.39, 0.29) is 6.42 Å². The van der Waals surface area contributed by atoms with Gasteiger partial charge in [-0.25, -0.2) is 4.79 Å². The second kappa shape index (κ2) is 5.84. The molecule has 1 amide bonds. The van der Waals surface area contributed by atoms with E-state index in [1.807, 2.05) is 6.92 Å². The first-order chi connectivity index (χ1) is 8.05. The number of carboxylic acid groups (broad SMARTS) is 2. The summed E-state index contributed by atoms with van der Waals surface area (Å²) in [6.45, 7) is 6.08. The lowest BCUT2D eigenvalue weighted by Crippen LogP contribution is -2.53. The zero-order valence-electron chi connectivity index (χ0n) is 11.2. The van der Waals surface area contributed by atoms with Gasteiger partial charge in [0.1, 0.15) is 5.54 Å². The molecule has 0 aliphatic rings. The van der Waals surface area contributed by atoms with Crippen LogP contribution in [0.1, 0.15) is 47.0 Å². The lowest BCUT2D eigenvalue weighted by molar-refractivity contribution is -0.151. The molecule has 1 atom stereocenters. The average Bonchev–Trinajstić information content (AvgIpc) is 2.15. The second-order valence-corrected chi connectivity index (χ2v) is 5.30. The molecule has 1 unspecified atom stereocenters. The van der Waals surface area contributed by atoms with Gasteiger partial charge >= 0.3 is 11.9 Å². The lowest BCUT2D eigenvalue weighted by atomic mass is 9.88. The fraction of sp³-hybridized carbons (Fsp3) is 0.750. The van der Waals surface area contributed by atoms with Gasteiger partial charge < -0.3 is 15.5 Å². The Kier molecular flexibility index (Phi) is 5.32. The number of hydrogen-bond donors (Lipinski definition) is 3. The molecule has 6 heteroatoms. The number of nitrogens with one attached hydrogen (secondary N) is 1. The van der Waals surface area contributed by atoms with Gasteiger partial charge in [-0.2, -0.15) is 0 Å². The molecular formula is C12H21NO5. The largest absolute Gasteiger partial charge is 0.481 e. The highest BCUT2D eigenvalue weighted by Gasteiger charge is 2.37. The van der Waals surface area contributed by atoms with E-state index in [0.717, 1.165) is 0 Å². The predicted molar refractivity (Wildman–Crippen MR) is 65.1 cm³/mol. The van der Waals surface area contributed by atoms with Gasteiger partial charge in [0.2, 0.25) is 5.91 Å². The van der Waals surface area contributed by atoms with E-state index >= 15 is 0 Å². The number of hydrogen-bond acceptors (Lipinski definition) is 3. The predicted octanol–water partition coefficient (Wildman–Crippen LogP) is 1.25. The summed E-state index contributed by atoms with van der Waals surface area (Å²) in [5.41, 5.74) is -2.56. The molecule has 0 aromatic carbocycles. The van der Waals surface area contributed by atoms with Crippen molar-refractivity contribution in [3.8, 4) is 0 Å². The van der Waals surface area contributed by atoms with E-state index in [2.05, 4.69) is 5.32 Å². The molecule has 104 valence electrons. The molecule has 0 aliphatic carbocycles. The van der Waals surface area contributed by atoms with Crippen LogP contribution in [0.2, 0.25) is 0 Å². The van der Waals surface area contributed by atoms with Gasteiger partial charge in [-0.05, 0) is 27.2 Å². The maximum Gasteiger partial charge on any atom is 0.329 e. The molecule has 6 nitrogen and oxygen atoms in total. The number of carbonyl (C=O) groups excluding carboxylic acids is 1. The summed E-state index contributed by atoms with van der Waals surface area (Å²) in [5, 5.41) is 20.4. The summed E-state index contributed by atoms with van der Waals surface area (Å²) in [7, 11) is 0. The zero-order chi connectivity index (χ0) is 14.6. The van der Waals surface area contributed by atoms with Crippen molar-refractivity contribution in [3.05, 3.63) is 0 Å². The number of rotatable bonds is 7. The third-order valence-electron chi connectivity index (χ3n) is 2.82. The van der Waals surface area contributed by atoms with Gasteiger partial charge in [0.25, 0.3) is 0 Å². The molecule has 18 heavy (non-hydrogen) atoms. The molecule has 0 fully saturated rings. The Hall–Kier alpha value is -1.59. The van der Waals surface area contributed by atoms with Crippen molar-refractivity contribution in [2.75, 3.05) is 0 Å². The fourth-order valence-electron chi connectivity index (χ4n) is 1.55. The van der Waals surface area contributed by atoms with Gasteiger partial charge in [-0.15, -0.1) is 0 Å². The molecule has 0 saturated carbocycles. The van der Waals surface area contributed by atoms with E-state index in [1.54, 1.807) is 0 Å². The summed E-state index contributed by atoms with van der Waals surface area (Å²) < 4.78 is 0. The fourth-order valence-corrected chi connectivity index (χ4v) is 1.55. The maximum absolute atomic E-state index is 11.7. The lowest BCUT2D eigenvalue weighted by Gasteiger charge is -2.27. The minimum atomic E-state index is -1.35. The molecule has 0 saturated heterocycles. The van der Waals surface area contributed by atoms with Crippen LogP contribution >= 0.6 is 0 Å². The van der Waals surface area contributed by atoms with E-state index in [9.17, 15) is 14.4 Å². The summed E-state index contributed by atoms with van der Waals surface area (Å²) in [6, 6.07) is 0. The topological polar surface area (TPSA) is 104 Å². The molecule has 0 aromatic heterocycles. The molecule has 0 spiro atoms. The number of aliphatic carboxylic acids is 2. The number of carbonyl (C=O) groups is 3. The first kappa shape index (κ1) is 16.4. The summed E-state index contributed by atoms with van der Waals surface area (Å²) >= 11 is 0. The van der Waals surface area contributed by atoms with Gasteiger partial charge in [-0.1, -0.05) is 13.3 Å². The van der Waals surface area contributed by atoms with Crippen molar-refractivity contribution < 1.29 is 24.6 Å². The molecule has 0 rings (SSSR count). The monoisotopic (exact) mass is 259 g/mol. The van der Waals surface area contributed by atoms with Gasteiger partial charge in [0.15, 0.2) is 0 Å². The van der Waals surface area contributed by atoms with Crippen molar-refractivity contribution in [2.24, 2.45) is 5.41 Å². The first-order valence-electron chi connectivity index (χ1n) is 5.83. The average molecular weight is 259 g/mol. The van der Waals surface area contributed by atoms with Crippen molar-refractivity contribution >= 4 is 17.8 Å². The zero-order valence-corrected chi connectivity index (χ0v) is 11.2. The smallest absolute Gasteiger partial charge is 0.329 e. The third kappa shape index (κ3) is 4.35. The van der Waals surface area contributed by atoms with Crippen LogP contribution in [0.25, 0.3) is 0 Å². The Morgan fingerprint density at radius 2 is 1.56 bits per heavy atom. The van der Waals surface area contributed by atoms with Gasteiger partial charge in [0.05, 0.1) is 5.41 Å². The quantitative estimate of drug-likeness (QED) is 0.638. The molecule has 3 N–H and O–H groups in total. The Labute approximate surface area is 106 Å². The van der Waals surface area contributed by atoms with Crippen LogP contribution in [-0.4, -0.2) is 33.6 Å². The van der Waals surface area contributed by atoms with Crippen molar-refractivity contribution in [1.82, 2.24) is 5.32 Å². The van der Waals surface area contributed by atoms with Crippen LogP contribution in [0.15, 0.2) is 0 Å². The molecule has 0 aliphatic heterocycles. The van der Waals surface area contributed by atoms with Crippen LogP contribution in [-0.2, 0) is 14.4 Å². The van der Waals surface area contributed by atoms with E-state index in [1.165, 1.54) is 20.8 Å². The number of amides is 1. The van der Waals surface area contributed by atoms with Crippen molar-refractivity contribution in [2.45, 2.75) is 52.5 Å². The van der Waals surface area contributed by atoms with Crippen LogP contribution in [0.3, 0.4) is 0 Å². The van der Waals surface area contributed by atoms with Crippen molar-refractivity contribution in [3.63, 3.8) is 0 Å². The highest BCUT2D eigenvalue weighted by Crippen LogP contribution is 2.21. The minimum Gasteiger partial charge on any atom is -0.481 e. The Morgan fingerprint density at radius 1 is 1.06 bits per heavy atom. The van der Waals surface area contributed by atoms with Crippen molar-refractivity contribution in [1.29, 1.82) is 0 Å². The summed E-state index contributed by atoms with van der Waals surface area (Å²) in [6.07, 6.45) is 0.641.